The zero-order valence-corrected chi connectivity index (χ0v) is 16.5. The van der Waals surface area contributed by atoms with Crippen molar-refractivity contribution in [2.75, 3.05) is 19.6 Å². The molecule has 0 spiro atoms. The Hall–Kier alpha value is -0.670. The van der Waals surface area contributed by atoms with Crippen LogP contribution in [-0.4, -0.2) is 41.3 Å². The summed E-state index contributed by atoms with van der Waals surface area (Å²) in [5.41, 5.74) is 0. The van der Waals surface area contributed by atoms with Crippen molar-refractivity contribution in [3.63, 3.8) is 0 Å². The summed E-state index contributed by atoms with van der Waals surface area (Å²) < 4.78 is 0.633. The number of allylic oxidation sites excluding steroid dienone is 1. The van der Waals surface area contributed by atoms with Crippen LogP contribution in [0.1, 0.15) is 91.4 Å². The van der Waals surface area contributed by atoms with Crippen LogP contribution in [0.25, 0.3) is 0 Å². The quantitative estimate of drug-likeness (QED) is 0.332. The van der Waals surface area contributed by atoms with E-state index in [9.17, 15) is 5.11 Å². The highest BCUT2D eigenvalue weighted by atomic mass is 16.3. The lowest BCUT2D eigenvalue weighted by atomic mass is 10.1. The van der Waals surface area contributed by atoms with Gasteiger partial charge in [-0.05, 0) is 19.8 Å². The number of quaternary nitrogens is 1. The van der Waals surface area contributed by atoms with Crippen molar-refractivity contribution < 1.29 is 9.59 Å². The third kappa shape index (κ3) is 7.06. The molecule has 0 saturated carbocycles. The molecule has 0 bridgehead atoms. The minimum Gasteiger partial charge on any atom is -0.345 e. The van der Waals surface area contributed by atoms with Gasteiger partial charge in [0.1, 0.15) is 6.54 Å². The number of aliphatic imine (C=N–C) groups is 1. The summed E-state index contributed by atoms with van der Waals surface area (Å²) in [6.07, 6.45) is 19.1. The molecule has 0 fully saturated rings. The van der Waals surface area contributed by atoms with Crippen LogP contribution in [0.3, 0.4) is 0 Å². The number of aliphatic hydroxyl groups excluding tert-OH is 1. The highest BCUT2D eigenvalue weighted by molar-refractivity contribution is 5.88. The Morgan fingerprint density at radius 3 is 2.12 bits per heavy atom. The zero-order valence-electron chi connectivity index (χ0n) is 16.5. The molecule has 1 heterocycles. The molecule has 3 heteroatoms. The fourth-order valence-electron chi connectivity index (χ4n) is 3.70. The predicted molar refractivity (Wildman–Crippen MR) is 105 cm³/mol. The number of aliphatic hydroxyl groups is 1. The summed E-state index contributed by atoms with van der Waals surface area (Å²) in [5, 5.41) is 10.1. The molecule has 1 N–H and O–H groups in total. The standard InChI is InChI=1S/C21H41N2O/c1-4-6-7-8-9-10-11-12-13-14-15-16-17-21-22-18-19-23(21,5-2)20(3)24/h16-17,20,24H,4-15,18-19H2,1-3H3/q+1/b17-16+. The fraction of sp³-hybridized carbons (Fsp3) is 0.857. The highest BCUT2D eigenvalue weighted by Crippen LogP contribution is 2.20. The second-order valence-electron chi connectivity index (χ2n) is 7.32. The summed E-state index contributed by atoms with van der Waals surface area (Å²) in [6.45, 7) is 9.01. The van der Waals surface area contributed by atoms with E-state index >= 15 is 0 Å². The van der Waals surface area contributed by atoms with Gasteiger partial charge in [-0.1, -0.05) is 70.8 Å². The van der Waals surface area contributed by atoms with Gasteiger partial charge in [0.05, 0.1) is 13.1 Å². The highest BCUT2D eigenvalue weighted by Gasteiger charge is 2.39. The summed E-state index contributed by atoms with van der Waals surface area (Å²) >= 11 is 0. The van der Waals surface area contributed by atoms with Gasteiger partial charge in [-0.15, -0.1) is 0 Å². The number of amidine groups is 1. The maximum absolute atomic E-state index is 10.1. The summed E-state index contributed by atoms with van der Waals surface area (Å²) in [7, 11) is 0. The average molecular weight is 338 g/mol. The van der Waals surface area contributed by atoms with Crippen LogP contribution >= 0.6 is 0 Å². The van der Waals surface area contributed by atoms with Gasteiger partial charge in [0.15, 0.2) is 6.23 Å². The number of nitrogens with zero attached hydrogens (tertiary/aromatic N) is 2. The van der Waals surface area contributed by atoms with E-state index in [1.165, 1.54) is 64.2 Å². The molecule has 0 saturated heterocycles. The molecular formula is C21H41N2O+. The lowest BCUT2D eigenvalue weighted by Gasteiger charge is -2.35. The van der Waals surface area contributed by atoms with Crippen LogP contribution in [0.4, 0.5) is 0 Å². The Morgan fingerprint density at radius 2 is 1.58 bits per heavy atom. The van der Waals surface area contributed by atoms with E-state index in [4.69, 9.17) is 0 Å². The molecule has 0 aliphatic carbocycles. The topological polar surface area (TPSA) is 32.6 Å². The van der Waals surface area contributed by atoms with Crippen LogP contribution < -0.4 is 0 Å². The SMILES string of the molecule is CCCCCCCCCCCC/C=C/C1=NCC[N+]1(CC)C(C)O. The van der Waals surface area contributed by atoms with E-state index in [1.54, 1.807) is 0 Å². The van der Waals surface area contributed by atoms with Crippen molar-refractivity contribution in [2.45, 2.75) is 97.6 Å². The number of hydrogen-bond donors (Lipinski definition) is 1. The molecule has 1 aliphatic heterocycles. The first kappa shape index (κ1) is 21.4. The minimum atomic E-state index is -0.363. The number of hydrogen-bond acceptors (Lipinski definition) is 2. The molecule has 0 aromatic rings. The van der Waals surface area contributed by atoms with E-state index in [1.807, 2.05) is 6.92 Å². The third-order valence-electron chi connectivity index (χ3n) is 5.50. The van der Waals surface area contributed by atoms with Crippen molar-refractivity contribution in [3.8, 4) is 0 Å². The van der Waals surface area contributed by atoms with Gasteiger partial charge < -0.3 is 5.11 Å². The Kier molecular flexibility index (Phi) is 11.3. The second-order valence-corrected chi connectivity index (χ2v) is 7.32. The van der Waals surface area contributed by atoms with Gasteiger partial charge >= 0.3 is 0 Å². The van der Waals surface area contributed by atoms with Crippen molar-refractivity contribution in [3.05, 3.63) is 12.2 Å². The smallest absolute Gasteiger partial charge is 0.224 e. The summed E-state index contributed by atoms with van der Waals surface area (Å²) in [6, 6.07) is 0. The number of likely N-dealkylation sites (N-methyl/N-ethyl adjacent to an activating group) is 1. The van der Waals surface area contributed by atoms with Gasteiger partial charge in [0.25, 0.3) is 0 Å². The summed E-state index contributed by atoms with van der Waals surface area (Å²) in [4.78, 5) is 4.61. The Morgan fingerprint density at radius 1 is 1.00 bits per heavy atom. The molecule has 3 nitrogen and oxygen atoms in total. The van der Waals surface area contributed by atoms with Crippen molar-refractivity contribution in [2.24, 2.45) is 4.99 Å². The molecule has 2 atom stereocenters. The van der Waals surface area contributed by atoms with E-state index in [-0.39, 0.29) is 6.23 Å². The third-order valence-corrected chi connectivity index (χ3v) is 5.50. The van der Waals surface area contributed by atoms with Crippen LogP contribution in [0.5, 0.6) is 0 Å². The fourth-order valence-corrected chi connectivity index (χ4v) is 3.70. The molecular weight excluding hydrogens is 296 g/mol. The molecule has 1 aliphatic rings. The van der Waals surface area contributed by atoms with Crippen molar-refractivity contribution in [1.29, 1.82) is 0 Å². The molecule has 2 unspecified atom stereocenters. The summed E-state index contributed by atoms with van der Waals surface area (Å²) in [5.74, 6) is 1.07. The normalized spacial score (nSPS) is 22.2. The Labute approximate surface area is 150 Å². The second kappa shape index (κ2) is 12.7. The molecule has 0 aromatic carbocycles. The largest absolute Gasteiger partial charge is 0.345 e. The van der Waals surface area contributed by atoms with E-state index in [0.29, 0.717) is 4.48 Å². The lowest BCUT2D eigenvalue weighted by Crippen LogP contribution is -2.56. The van der Waals surface area contributed by atoms with Gasteiger partial charge in [-0.3, -0.25) is 0 Å². The van der Waals surface area contributed by atoms with E-state index in [2.05, 4.69) is 31.0 Å². The van der Waals surface area contributed by atoms with Gasteiger partial charge in [-0.25, -0.2) is 9.48 Å². The lowest BCUT2D eigenvalue weighted by molar-refractivity contribution is -0.880. The Bertz CT molecular complexity index is 376. The van der Waals surface area contributed by atoms with E-state index < -0.39 is 0 Å². The van der Waals surface area contributed by atoms with Crippen LogP contribution in [0, 0.1) is 0 Å². The molecule has 0 amide bonds. The minimum absolute atomic E-state index is 0.363. The molecule has 0 aromatic heterocycles. The molecule has 0 radical (unpaired) electrons. The van der Waals surface area contributed by atoms with Gasteiger partial charge in [-0.2, -0.15) is 0 Å². The average Bonchev–Trinajstić information content (AvgIpc) is 3.00. The first-order valence-corrected chi connectivity index (χ1v) is 10.4. The number of unbranched alkanes of at least 4 members (excludes halogenated alkanes) is 10. The van der Waals surface area contributed by atoms with Crippen molar-refractivity contribution >= 4 is 5.84 Å². The number of rotatable bonds is 14. The Balaban J connectivity index is 2.08. The van der Waals surface area contributed by atoms with Gasteiger partial charge in [0, 0.05) is 13.0 Å². The molecule has 140 valence electrons. The monoisotopic (exact) mass is 337 g/mol. The van der Waals surface area contributed by atoms with Crippen molar-refractivity contribution in [1.82, 2.24) is 0 Å². The predicted octanol–water partition coefficient (Wildman–Crippen LogP) is 5.44. The van der Waals surface area contributed by atoms with Crippen LogP contribution in [0.15, 0.2) is 17.1 Å². The molecule has 24 heavy (non-hydrogen) atoms. The van der Waals surface area contributed by atoms with Gasteiger partial charge in [0.2, 0.25) is 5.84 Å². The maximum atomic E-state index is 10.1. The molecule has 1 rings (SSSR count). The maximum Gasteiger partial charge on any atom is 0.224 e. The van der Waals surface area contributed by atoms with E-state index in [0.717, 1.165) is 31.9 Å². The first-order chi connectivity index (χ1) is 11.7. The van der Waals surface area contributed by atoms with Crippen LogP contribution in [0.2, 0.25) is 0 Å². The zero-order chi connectivity index (χ0) is 17.7. The first-order valence-electron chi connectivity index (χ1n) is 10.4. The van der Waals surface area contributed by atoms with Crippen LogP contribution in [-0.2, 0) is 0 Å².